The Morgan fingerprint density at radius 2 is 1.26 bits per heavy atom. The molecule has 1 aliphatic heterocycles. The first-order valence-electron chi connectivity index (χ1n) is 13.5. The molecule has 194 valence electrons. The highest BCUT2D eigenvalue weighted by Gasteiger charge is 2.38. The van der Waals surface area contributed by atoms with E-state index in [-0.39, 0.29) is 11.9 Å². The third-order valence-electron chi connectivity index (χ3n) is 7.62. The van der Waals surface area contributed by atoms with Crippen LogP contribution in [0.15, 0.2) is 134 Å². The molecule has 1 aromatic heterocycles. The summed E-state index contributed by atoms with van der Waals surface area (Å²) in [7, 11) is 0. The van der Waals surface area contributed by atoms with Gasteiger partial charge < -0.3 is 14.8 Å². The molecule has 0 unspecified atom stereocenters. The van der Waals surface area contributed by atoms with Crippen LogP contribution >= 0.6 is 0 Å². The first kappa shape index (κ1) is 24.8. The minimum absolute atomic E-state index is 0.125. The van der Waals surface area contributed by atoms with E-state index in [0.717, 1.165) is 34.5 Å². The highest BCUT2D eigenvalue weighted by atomic mass is 16.2. The summed E-state index contributed by atoms with van der Waals surface area (Å²) in [6, 6.07) is 41.7. The van der Waals surface area contributed by atoms with Crippen LogP contribution in [0, 0.1) is 0 Å². The van der Waals surface area contributed by atoms with E-state index in [4.69, 9.17) is 4.98 Å². The van der Waals surface area contributed by atoms with Gasteiger partial charge in [-0.3, -0.25) is 4.79 Å². The van der Waals surface area contributed by atoms with Crippen LogP contribution in [0.1, 0.15) is 27.9 Å². The minimum Gasteiger partial charge on any atom is -0.334 e. The molecule has 39 heavy (non-hydrogen) atoms. The van der Waals surface area contributed by atoms with Gasteiger partial charge in [0, 0.05) is 19.3 Å². The van der Waals surface area contributed by atoms with E-state index in [1.54, 1.807) is 0 Å². The van der Waals surface area contributed by atoms with Gasteiger partial charge in [0.15, 0.2) is 0 Å². The number of carbonyl (C=O) groups is 1. The topological polar surface area (TPSA) is 50.2 Å². The van der Waals surface area contributed by atoms with Crippen molar-refractivity contribution in [2.75, 3.05) is 13.1 Å². The van der Waals surface area contributed by atoms with Crippen molar-refractivity contribution in [2.24, 2.45) is 0 Å². The Kier molecular flexibility index (Phi) is 7.07. The first-order valence-corrected chi connectivity index (χ1v) is 13.5. The normalized spacial score (nSPS) is 15.8. The van der Waals surface area contributed by atoms with Crippen molar-refractivity contribution in [1.82, 2.24) is 19.8 Å². The molecule has 0 bridgehead atoms. The van der Waals surface area contributed by atoms with E-state index < -0.39 is 5.54 Å². The first-order chi connectivity index (χ1) is 19.2. The number of aromatic nitrogens is 2. The highest BCUT2D eigenvalue weighted by molar-refractivity contribution is 5.83. The molecule has 1 atom stereocenters. The third-order valence-corrected chi connectivity index (χ3v) is 7.62. The molecule has 0 radical (unpaired) electrons. The zero-order valence-electron chi connectivity index (χ0n) is 21.9. The molecule has 5 aromatic rings. The van der Waals surface area contributed by atoms with E-state index >= 15 is 0 Å². The number of imidazole rings is 1. The predicted molar refractivity (Wildman–Crippen MR) is 154 cm³/mol. The second-order valence-corrected chi connectivity index (χ2v) is 10.0. The van der Waals surface area contributed by atoms with Gasteiger partial charge in [-0.05, 0) is 28.7 Å². The van der Waals surface area contributed by atoms with Crippen LogP contribution in [0.3, 0.4) is 0 Å². The summed E-state index contributed by atoms with van der Waals surface area (Å²) in [6.07, 6.45) is 4.70. The molecule has 5 nitrogen and oxygen atoms in total. The fourth-order valence-corrected chi connectivity index (χ4v) is 5.77. The average Bonchev–Trinajstić information content (AvgIpc) is 3.46. The van der Waals surface area contributed by atoms with Gasteiger partial charge in [0.05, 0.1) is 24.6 Å². The van der Waals surface area contributed by atoms with Crippen molar-refractivity contribution < 1.29 is 4.79 Å². The molecule has 2 heterocycles. The lowest BCUT2D eigenvalue weighted by atomic mass is 9.77. The molecular weight excluding hydrogens is 480 g/mol. The Morgan fingerprint density at radius 3 is 1.79 bits per heavy atom. The SMILES string of the molecule is O=C1[C@H](Cc2ccccc2)NCCN1Cc1cn(C(c2ccccc2)(c2ccccc2)c2ccccc2)cn1. The van der Waals surface area contributed by atoms with Crippen LogP contribution in [0.4, 0.5) is 0 Å². The number of nitrogens with zero attached hydrogens (tertiary/aromatic N) is 3. The molecule has 5 heteroatoms. The number of nitrogens with one attached hydrogen (secondary N) is 1. The number of hydrogen-bond acceptors (Lipinski definition) is 3. The lowest BCUT2D eigenvalue weighted by Gasteiger charge is -2.37. The van der Waals surface area contributed by atoms with Crippen molar-refractivity contribution in [2.45, 2.75) is 24.5 Å². The second-order valence-electron chi connectivity index (χ2n) is 10.0. The Hall–Kier alpha value is -4.48. The van der Waals surface area contributed by atoms with Gasteiger partial charge in [0.1, 0.15) is 5.54 Å². The fraction of sp³-hybridized carbons (Fsp3) is 0.176. The maximum Gasteiger partial charge on any atom is 0.240 e. The Bertz CT molecular complexity index is 1400. The van der Waals surface area contributed by atoms with Crippen LogP contribution in [-0.2, 0) is 23.3 Å². The summed E-state index contributed by atoms with van der Waals surface area (Å²) in [4.78, 5) is 20.2. The van der Waals surface area contributed by atoms with E-state index in [1.165, 1.54) is 0 Å². The van der Waals surface area contributed by atoms with Crippen molar-refractivity contribution in [3.05, 3.63) is 162 Å². The number of hydrogen-bond donors (Lipinski definition) is 1. The summed E-state index contributed by atoms with van der Waals surface area (Å²) in [5, 5.41) is 3.41. The average molecular weight is 513 g/mol. The molecule has 0 saturated carbocycles. The van der Waals surface area contributed by atoms with Gasteiger partial charge in [-0.1, -0.05) is 121 Å². The molecule has 1 saturated heterocycles. The number of amides is 1. The fourth-order valence-electron chi connectivity index (χ4n) is 5.77. The molecule has 1 aliphatic rings. The van der Waals surface area contributed by atoms with E-state index in [9.17, 15) is 4.79 Å². The van der Waals surface area contributed by atoms with Crippen LogP contribution < -0.4 is 5.32 Å². The lowest BCUT2D eigenvalue weighted by molar-refractivity contribution is -0.136. The molecule has 1 N–H and O–H groups in total. The number of piperazine rings is 1. The second kappa shape index (κ2) is 11.1. The van der Waals surface area contributed by atoms with E-state index in [1.807, 2.05) is 47.6 Å². The molecular formula is C34H32N4O. The monoisotopic (exact) mass is 512 g/mol. The van der Waals surface area contributed by atoms with Gasteiger partial charge >= 0.3 is 0 Å². The van der Waals surface area contributed by atoms with Gasteiger partial charge in [-0.25, -0.2) is 4.98 Å². The van der Waals surface area contributed by atoms with Crippen LogP contribution in [0.2, 0.25) is 0 Å². The minimum atomic E-state index is -0.613. The van der Waals surface area contributed by atoms with Crippen molar-refractivity contribution >= 4 is 5.91 Å². The molecule has 4 aromatic carbocycles. The molecule has 1 fully saturated rings. The Morgan fingerprint density at radius 1 is 0.744 bits per heavy atom. The summed E-state index contributed by atoms with van der Waals surface area (Å²) in [6.45, 7) is 1.91. The maximum atomic E-state index is 13.4. The van der Waals surface area contributed by atoms with Gasteiger partial charge in [0.25, 0.3) is 0 Å². The third kappa shape index (κ3) is 4.89. The molecule has 0 spiro atoms. The summed E-state index contributed by atoms with van der Waals surface area (Å²) >= 11 is 0. The molecule has 1 amide bonds. The molecule has 0 aliphatic carbocycles. The van der Waals surface area contributed by atoms with Crippen LogP contribution in [-0.4, -0.2) is 39.5 Å². The largest absolute Gasteiger partial charge is 0.334 e. The smallest absolute Gasteiger partial charge is 0.240 e. The number of carbonyl (C=O) groups excluding carboxylic acids is 1. The Labute approximate surface area is 229 Å². The summed E-state index contributed by atoms with van der Waals surface area (Å²) < 4.78 is 2.20. The van der Waals surface area contributed by atoms with Crippen molar-refractivity contribution in [1.29, 1.82) is 0 Å². The lowest BCUT2D eigenvalue weighted by Crippen LogP contribution is -2.55. The Balaban J connectivity index is 1.36. The van der Waals surface area contributed by atoms with E-state index in [0.29, 0.717) is 19.5 Å². The summed E-state index contributed by atoms with van der Waals surface area (Å²) in [5.74, 6) is 0.125. The van der Waals surface area contributed by atoms with Crippen LogP contribution in [0.25, 0.3) is 0 Å². The predicted octanol–water partition coefficient (Wildman–Crippen LogP) is 5.27. The maximum absolute atomic E-state index is 13.4. The van der Waals surface area contributed by atoms with Crippen LogP contribution in [0.5, 0.6) is 0 Å². The molecule has 6 rings (SSSR count). The number of rotatable bonds is 8. The van der Waals surface area contributed by atoms with Crippen molar-refractivity contribution in [3.63, 3.8) is 0 Å². The van der Waals surface area contributed by atoms with Crippen molar-refractivity contribution in [3.8, 4) is 0 Å². The highest BCUT2D eigenvalue weighted by Crippen LogP contribution is 2.40. The summed E-state index contributed by atoms with van der Waals surface area (Å²) in [5.41, 5.74) is 4.86. The van der Waals surface area contributed by atoms with Gasteiger partial charge in [0.2, 0.25) is 5.91 Å². The quantitative estimate of drug-likeness (QED) is 0.288. The number of benzene rings is 4. The zero-order chi connectivity index (χ0) is 26.5. The van der Waals surface area contributed by atoms with Gasteiger partial charge in [-0.2, -0.15) is 0 Å². The van der Waals surface area contributed by atoms with Gasteiger partial charge in [-0.15, -0.1) is 0 Å². The zero-order valence-corrected chi connectivity index (χ0v) is 21.9. The standard InChI is InChI=1S/C34H32N4O/c39-33-32(23-27-13-5-1-6-14-27)35-21-22-37(33)24-31-25-38(26-36-31)34(28-15-7-2-8-16-28,29-17-9-3-10-18-29)30-19-11-4-12-20-30/h1-20,25-26,32,35H,21-24H2/t32-/m0/s1. The van der Waals surface area contributed by atoms with E-state index in [2.05, 4.69) is 101 Å².